The first kappa shape index (κ1) is 88.6. The highest BCUT2D eigenvalue weighted by Crippen LogP contribution is 2.63. The Morgan fingerprint density at radius 1 is 0.241 bits per heavy atom. The molecule has 145 heavy (non-hydrogen) atoms. The van der Waals surface area contributed by atoms with Crippen molar-refractivity contribution in [3.8, 4) is 0 Å². The minimum atomic E-state index is -1.72. The Kier molecular flexibility index (Phi) is 19.6. The summed E-state index contributed by atoms with van der Waals surface area (Å²) in [7, 11) is -3.41. The molecule has 15 heterocycles. The fourth-order valence-electron chi connectivity index (χ4n) is 26.9. The highest BCUT2D eigenvalue weighted by atomic mass is 32.2. The fourth-order valence-corrected chi connectivity index (χ4v) is 36.1. The van der Waals surface area contributed by atoms with Gasteiger partial charge in [0.25, 0.3) is 0 Å². The van der Waals surface area contributed by atoms with Crippen LogP contribution >= 0.6 is 23.5 Å². The van der Waals surface area contributed by atoms with E-state index in [0.29, 0.717) is 0 Å². The molecule has 14 heteroatoms. The van der Waals surface area contributed by atoms with E-state index in [1.54, 1.807) is 5.19 Å². The van der Waals surface area contributed by atoms with Gasteiger partial charge in [-0.05, 0) is 115 Å². The standard InChI is InChI=1S/C32H26N2.C29H20N2S.C28H18N2S.2C21H22N2Si/c1-21-29-31(2,3)32(22-13-6-4-7-14-22,23-15-8-5-9-16-23)27-20-12-19-25-24-17-10-11-18-26(24)30(33-21)34(29)28(25)27;1-19-28-31-26-23(22-15-8-9-16-24(22)27(31)30-19)17-10-18-25(26)29(32-28,20-11-4-2-5-12-20)21-13-6-3-7-14-21;1-3-10-19(11-4-1)28(20-12-5-2-6-13-20)25-18-29-27-23-15-8-7-14-21(23)22-16-9-17-24(31-28)26(22)30(25)27;1-13-20-23-18-15(14-9-6-7-10-16(14)19(23)22-13)11-8-12-17(18)21(2,3)24(20,4)5;1-13-19-21(2,3)24(4,5)17-12-8-11-15-14-9-6-7-10-16(14)20(22-13)23(19)18(15)17/h4-20H,1-3H3;2-18H,1H3;1-18H;2*6-12H,1-5H3. The first-order valence-electron chi connectivity index (χ1n) is 50.8. The van der Waals surface area contributed by atoms with Gasteiger partial charge >= 0.3 is 0 Å². The molecule has 0 radical (unpaired) electrons. The van der Waals surface area contributed by atoms with E-state index in [-0.39, 0.29) is 30.4 Å². The summed E-state index contributed by atoms with van der Waals surface area (Å²) in [4.78, 5) is 26.7. The van der Waals surface area contributed by atoms with Gasteiger partial charge in [-0.3, -0.25) is 22.0 Å². The summed E-state index contributed by atoms with van der Waals surface area (Å²) in [5.41, 5.74) is 31.7. The smallest absolute Gasteiger partial charge is 0.146 e. The van der Waals surface area contributed by atoms with Gasteiger partial charge in [-0.1, -0.05) is 468 Å². The van der Waals surface area contributed by atoms with Crippen molar-refractivity contribution < 1.29 is 0 Å². The molecule has 5 aliphatic rings. The van der Waals surface area contributed by atoms with Crippen LogP contribution in [0.4, 0.5) is 0 Å². The Labute approximate surface area is 853 Å². The summed E-state index contributed by atoms with van der Waals surface area (Å²) < 4.78 is 11.5. The molecule has 0 fully saturated rings. The lowest BCUT2D eigenvalue weighted by Crippen LogP contribution is -2.61. The van der Waals surface area contributed by atoms with Crippen LogP contribution in [0.3, 0.4) is 0 Å². The van der Waals surface area contributed by atoms with Crippen LogP contribution in [0.25, 0.3) is 137 Å². The minimum Gasteiger partial charge on any atom is -0.300 e. The molecule has 0 saturated heterocycles. The van der Waals surface area contributed by atoms with Crippen LogP contribution in [-0.2, 0) is 30.4 Å². The van der Waals surface area contributed by atoms with Gasteiger partial charge in [0.1, 0.15) is 46.1 Å². The van der Waals surface area contributed by atoms with E-state index < -0.39 is 16.1 Å². The van der Waals surface area contributed by atoms with Crippen LogP contribution in [-0.4, -0.2) is 63.1 Å². The lowest BCUT2D eigenvalue weighted by molar-refractivity contribution is 0.338. The molecule has 16 aromatic carbocycles. The lowest BCUT2D eigenvalue weighted by atomic mass is 9.52. The molecule has 0 N–H and O–H groups in total. The summed E-state index contributed by atoms with van der Waals surface area (Å²) in [6.07, 6.45) is 2.09. The Balaban J connectivity index is 0.0000000906. The largest absolute Gasteiger partial charge is 0.300 e. The minimum absolute atomic E-state index is 0.153. The van der Waals surface area contributed by atoms with Crippen molar-refractivity contribution in [3.63, 3.8) is 0 Å². The molecule has 0 spiro atoms. The number of nitrogens with zero attached hydrogens (tertiary/aromatic N) is 10. The number of benzene rings is 16. The Hall–Kier alpha value is -15.3. The number of aromatic nitrogens is 10. The number of hydrogen-bond acceptors (Lipinski definition) is 7. The Bertz CT molecular complexity index is 9630. The van der Waals surface area contributed by atoms with Crippen molar-refractivity contribution in [2.75, 3.05) is 0 Å². The van der Waals surface area contributed by atoms with Crippen LogP contribution in [0.1, 0.15) is 131 Å². The third kappa shape index (κ3) is 12.0. The van der Waals surface area contributed by atoms with Crippen molar-refractivity contribution >= 4 is 187 Å². The zero-order valence-corrected chi connectivity index (χ0v) is 87.5. The molecule has 5 aliphatic heterocycles. The molecule has 26 aromatic rings. The Morgan fingerprint density at radius 3 is 1.04 bits per heavy atom. The van der Waals surface area contributed by atoms with Gasteiger partial charge in [0.2, 0.25) is 0 Å². The highest BCUT2D eigenvalue weighted by molar-refractivity contribution is 8.01. The SMILES string of the molecule is Cc1nc2c3ccccc3c3cccc4c3n2c1C(C)(C)C4(c1ccccc1)c1ccccc1.Cc1nc2c3ccccc3c3cccc4c3n2c1C(C)(C)[Si]4(C)C.Cc1nc2c3ccccc3c3cccc4c3n2c1SC4(c1ccccc1)c1ccccc1.Cc1nc2c3ccccc3c3cccc4c3n2c1[Si](C)(C)C4(C)C.c1ccc(C2(c3ccccc3)Sc3cccc4c5ccccc5c5ncc2n5c34)cc1. The summed E-state index contributed by atoms with van der Waals surface area (Å²) in [5.74, 6) is 0. The molecule has 0 amide bonds. The van der Waals surface area contributed by atoms with Gasteiger partial charge in [-0.2, -0.15) is 0 Å². The topological polar surface area (TPSA) is 86.5 Å². The van der Waals surface area contributed by atoms with Gasteiger partial charge in [0.05, 0.1) is 86.2 Å². The van der Waals surface area contributed by atoms with Crippen LogP contribution in [0.2, 0.25) is 26.2 Å². The van der Waals surface area contributed by atoms with Crippen LogP contribution in [0.15, 0.2) is 410 Å². The second-order valence-corrected chi connectivity index (χ2v) is 55.4. The van der Waals surface area contributed by atoms with Crippen LogP contribution in [0.5, 0.6) is 0 Å². The molecule has 0 unspecified atom stereocenters. The van der Waals surface area contributed by atoms with E-state index in [9.17, 15) is 0 Å². The zero-order valence-electron chi connectivity index (χ0n) is 83.9. The summed E-state index contributed by atoms with van der Waals surface area (Å²) in [6, 6.07) is 143. The number of imidazole rings is 5. The predicted molar refractivity (Wildman–Crippen MR) is 613 cm³/mol. The first-order chi connectivity index (χ1) is 70.4. The van der Waals surface area contributed by atoms with Gasteiger partial charge in [0.15, 0.2) is 0 Å². The van der Waals surface area contributed by atoms with Crippen molar-refractivity contribution in [2.24, 2.45) is 0 Å². The third-order valence-electron chi connectivity index (χ3n) is 34.4. The normalized spacial score (nSPS) is 16.0. The van der Waals surface area contributed by atoms with E-state index >= 15 is 0 Å². The van der Waals surface area contributed by atoms with E-state index in [1.807, 2.05) is 23.5 Å². The lowest BCUT2D eigenvalue weighted by Gasteiger charge is -2.51. The maximum atomic E-state index is 5.21. The highest BCUT2D eigenvalue weighted by Gasteiger charge is 2.57. The predicted octanol–water partition coefficient (Wildman–Crippen LogP) is 31.3. The van der Waals surface area contributed by atoms with E-state index in [1.165, 1.54) is 202 Å². The molecule has 10 aromatic heterocycles. The second kappa shape index (κ2) is 32.1. The number of thioether (sulfide) groups is 2. The Morgan fingerprint density at radius 2 is 0.572 bits per heavy atom. The van der Waals surface area contributed by atoms with Gasteiger partial charge in [-0.25, -0.2) is 24.9 Å². The number of fused-ring (bicyclic) bond motifs is 15. The number of aryl methyl sites for hydroxylation is 4. The number of pyridine rings is 5. The van der Waals surface area contributed by atoms with Crippen LogP contribution < -0.4 is 10.5 Å². The summed E-state index contributed by atoms with van der Waals surface area (Å²) in [6.45, 7) is 33.3. The van der Waals surface area contributed by atoms with Crippen molar-refractivity contribution in [3.05, 3.63) is 490 Å². The molecule has 31 rings (SSSR count). The average Bonchev–Trinajstić information content (AvgIpc) is 1.59. The monoisotopic (exact) mass is 1940 g/mol. The number of rotatable bonds is 6. The van der Waals surface area contributed by atoms with Crippen LogP contribution in [0, 0.1) is 27.7 Å². The molecule has 0 aliphatic carbocycles. The van der Waals surface area contributed by atoms with E-state index in [2.05, 4.69) is 518 Å². The maximum Gasteiger partial charge on any atom is 0.146 e. The van der Waals surface area contributed by atoms with Crippen molar-refractivity contribution in [1.29, 1.82) is 0 Å². The van der Waals surface area contributed by atoms with Crippen molar-refractivity contribution in [2.45, 2.75) is 136 Å². The maximum absolute atomic E-state index is 5.21. The molecule has 0 atom stereocenters. The molecule has 10 nitrogen and oxygen atoms in total. The van der Waals surface area contributed by atoms with Gasteiger partial charge < -0.3 is 0 Å². The molecular weight excluding hydrogens is 1830 g/mol. The molecule has 0 bridgehead atoms. The number of hydrogen-bond donors (Lipinski definition) is 0. The van der Waals surface area contributed by atoms with Crippen molar-refractivity contribution in [1.82, 2.24) is 46.9 Å². The van der Waals surface area contributed by atoms with Gasteiger partial charge in [-0.15, -0.1) is 11.8 Å². The average molecular weight is 1940 g/mol. The molecular formula is C131H108N10S2Si2. The molecule has 0 saturated carbocycles. The van der Waals surface area contributed by atoms with E-state index in [0.717, 1.165) is 39.6 Å². The summed E-state index contributed by atoms with van der Waals surface area (Å²) >= 11 is 3.85. The first-order valence-corrected chi connectivity index (χ1v) is 58.4. The third-order valence-corrected chi connectivity index (χ3v) is 47.9. The summed E-state index contributed by atoms with van der Waals surface area (Å²) in [5, 5.41) is 23.7. The van der Waals surface area contributed by atoms with E-state index in [4.69, 9.17) is 24.9 Å². The second-order valence-electron chi connectivity index (χ2n) is 42.9. The molecule has 702 valence electrons. The quantitative estimate of drug-likeness (QED) is 0.121. The number of para-hydroxylation sites is 5. The van der Waals surface area contributed by atoms with Gasteiger partial charge in [0, 0.05) is 85.8 Å². The fraction of sp³-hybridized carbons (Fsp3) is 0.153. The zero-order chi connectivity index (χ0) is 98.5.